The second-order valence-corrected chi connectivity index (χ2v) is 5.44. The number of carbonyl (C=O) groups excluding carboxylic acids is 2. The van der Waals surface area contributed by atoms with Crippen LogP contribution >= 0.6 is 0 Å². The number of carbonyl (C=O) groups is 2. The minimum Gasteiger partial charge on any atom is -0.464 e. The molecule has 0 unspecified atom stereocenters. The molecule has 0 aliphatic heterocycles. The van der Waals surface area contributed by atoms with Crippen LogP contribution in [0.15, 0.2) is 0 Å². The molecule has 0 radical (unpaired) electrons. The average Bonchev–Trinajstić information content (AvgIpc) is 2.40. The van der Waals surface area contributed by atoms with Crippen molar-refractivity contribution in [2.24, 2.45) is 5.92 Å². The molecule has 0 heterocycles. The molecule has 0 saturated heterocycles. The van der Waals surface area contributed by atoms with Gasteiger partial charge in [0, 0.05) is 0 Å². The predicted molar refractivity (Wildman–Crippen MR) is 78.5 cm³/mol. The molecule has 1 amide bonds. The lowest BCUT2D eigenvalue weighted by Crippen LogP contribution is -2.40. The summed E-state index contributed by atoms with van der Waals surface area (Å²) >= 11 is 0. The van der Waals surface area contributed by atoms with Crippen molar-refractivity contribution in [2.75, 3.05) is 13.2 Å². The van der Waals surface area contributed by atoms with Gasteiger partial charge in [-0.25, -0.2) is 9.59 Å². The van der Waals surface area contributed by atoms with E-state index in [4.69, 9.17) is 9.47 Å². The number of amides is 1. The van der Waals surface area contributed by atoms with Crippen molar-refractivity contribution >= 4 is 12.1 Å². The fourth-order valence-corrected chi connectivity index (χ4v) is 1.52. The highest BCUT2D eigenvalue weighted by Crippen LogP contribution is 2.03. The molecule has 0 aromatic rings. The van der Waals surface area contributed by atoms with Gasteiger partial charge in [-0.05, 0) is 19.3 Å². The molecule has 5 heteroatoms. The molecule has 1 N–H and O–H groups in total. The third-order valence-electron chi connectivity index (χ3n) is 2.73. The van der Waals surface area contributed by atoms with E-state index in [1.807, 2.05) is 13.8 Å². The Kier molecular flexibility index (Phi) is 10.8. The Morgan fingerprint density at radius 1 is 1.00 bits per heavy atom. The molecule has 0 aliphatic carbocycles. The summed E-state index contributed by atoms with van der Waals surface area (Å²) in [7, 11) is 0. The maximum atomic E-state index is 11.6. The summed E-state index contributed by atoms with van der Waals surface area (Å²) in [6.07, 6.45) is 4.94. The first-order chi connectivity index (χ1) is 9.47. The second kappa shape index (κ2) is 11.6. The molecule has 0 bridgehead atoms. The molecular formula is C15H29NO4. The quantitative estimate of drug-likeness (QED) is 0.495. The van der Waals surface area contributed by atoms with Gasteiger partial charge in [0.2, 0.25) is 0 Å². The van der Waals surface area contributed by atoms with Crippen LogP contribution in [-0.4, -0.2) is 31.3 Å². The molecule has 5 nitrogen and oxygen atoms in total. The Morgan fingerprint density at radius 2 is 1.65 bits per heavy atom. The van der Waals surface area contributed by atoms with Crippen LogP contribution in [0, 0.1) is 5.92 Å². The number of hydrogen-bond acceptors (Lipinski definition) is 4. The van der Waals surface area contributed by atoms with E-state index < -0.39 is 18.1 Å². The summed E-state index contributed by atoms with van der Waals surface area (Å²) < 4.78 is 10.0. The highest BCUT2D eigenvalue weighted by Gasteiger charge is 2.17. The van der Waals surface area contributed by atoms with Gasteiger partial charge in [0.25, 0.3) is 0 Å². The van der Waals surface area contributed by atoms with Gasteiger partial charge in [0.05, 0.1) is 13.2 Å². The molecule has 0 spiro atoms. The molecule has 0 rings (SSSR count). The zero-order chi connectivity index (χ0) is 15.4. The van der Waals surface area contributed by atoms with E-state index in [9.17, 15) is 9.59 Å². The van der Waals surface area contributed by atoms with E-state index in [2.05, 4.69) is 12.2 Å². The summed E-state index contributed by atoms with van der Waals surface area (Å²) in [5.41, 5.74) is 0. The molecule has 1 atom stereocenters. The minimum atomic E-state index is -0.676. The molecular weight excluding hydrogens is 258 g/mol. The van der Waals surface area contributed by atoms with Crippen LogP contribution in [0.1, 0.15) is 59.8 Å². The van der Waals surface area contributed by atoms with Crippen molar-refractivity contribution in [3.05, 3.63) is 0 Å². The maximum absolute atomic E-state index is 11.6. The predicted octanol–water partition coefficient (Wildman–Crippen LogP) is 3.27. The average molecular weight is 287 g/mol. The molecule has 0 aliphatic rings. The van der Waals surface area contributed by atoms with Gasteiger partial charge >= 0.3 is 12.1 Å². The summed E-state index contributed by atoms with van der Waals surface area (Å²) in [6.45, 7) is 8.40. The Morgan fingerprint density at radius 3 is 2.25 bits per heavy atom. The summed E-state index contributed by atoms with van der Waals surface area (Å²) in [5, 5.41) is 2.46. The zero-order valence-corrected chi connectivity index (χ0v) is 13.2. The summed E-state index contributed by atoms with van der Waals surface area (Å²) in [5.74, 6) is -0.145. The Bertz CT molecular complexity index is 279. The number of unbranched alkanes of at least 4 members (excludes halogenated alkanes) is 4. The van der Waals surface area contributed by atoms with E-state index in [0.29, 0.717) is 13.2 Å². The number of hydrogen-bond donors (Lipinski definition) is 1. The lowest BCUT2D eigenvalue weighted by molar-refractivity contribution is -0.145. The highest BCUT2D eigenvalue weighted by atomic mass is 16.6. The van der Waals surface area contributed by atoms with Crippen molar-refractivity contribution in [1.29, 1.82) is 0 Å². The Balaban J connectivity index is 3.67. The van der Waals surface area contributed by atoms with Gasteiger partial charge in [-0.15, -0.1) is 0 Å². The lowest BCUT2D eigenvalue weighted by atomic mass is 10.2. The van der Waals surface area contributed by atoms with Gasteiger partial charge in [-0.2, -0.15) is 0 Å². The van der Waals surface area contributed by atoms with Crippen LogP contribution in [0.3, 0.4) is 0 Å². The van der Waals surface area contributed by atoms with Crippen molar-refractivity contribution in [1.82, 2.24) is 5.32 Å². The number of esters is 1. The van der Waals surface area contributed by atoms with Gasteiger partial charge < -0.3 is 14.8 Å². The van der Waals surface area contributed by atoms with E-state index in [0.717, 1.165) is 12.8 Å². The fraction of sp³-hybridized carbons (Fsp3) is 0.867. The maximum Gasteiger partial charge on any atom is 0.407 e. The number of ether oxygens (including phenoxy) is 2. The summed E-state index contributed by atoms with van der Waals surface area (Å²) in [4.78, 5) is 23.0. The molecule has 0 saturated carbocycles. The van der Waals surface area contributed by atoms with Gasteiger partial charge in [-0.3, -0.25) is 0 Å². The van der Waals surface area contributed by atoms with Crippen molar-refractivity contribution in [2.45, 2.75) is 65.8 Å². The molecule has 20 heavy (non-hydrogen) atoms. The van der Waals surface area contributed by atoms with E-state index >= 15 is 0 Å². The molecule has 0 aromatic carbocycles. The van der Waals surface area contributed by atoms with E-state index in [1.165, 1.54) is 19.3 Å². The van der Waals surface area contributed by atoms with Gasteiger partial charge in [-0.1, -0.05) is 46.5 Å². The largest absolute Gasteiger partial charge is 0.464 e. The first-order valence-electron chi connectivity index (χ1n) is 7.57. The van der Waals surface area contributed by atoms with E-state index in [-0.39, 0.29) is 5.92 Å². The number of nitrogens with one attached hydrogen (secondary N) is 1. The van der Waals surface area contributed by atoms with E-state index in [1.54, 1.807) is 6.92 Å². The van der Waals surface area contributed by atoms with Crippen molar-refractivity contribution < 1.29 is 19.1 Å². The molecule has 0 fully saturated rings. The first kappa shape index (κ1) is 18.7. The van der Waals surface area contributed by atoms with Crippen LogP contribution in [0.4, 0.5) is 4.79 Å². The van der Waals surface area contributed by atoms with Crippen LogP contribution in [-0.2, 0) is 14.3 Å². The van der Waals surface area contributed by atoms with Crippen LogP contribution in [0.5, 0.6) is 0 Å². The van der Waals surface area contributed by atoms with Crippen molar-refractivity contribution in [3.8, 4) is 0 Å². The van der Waals surface area contributed by atoms with Gasteiger partial charge in [0.1, 0.15) is 6.04 Å². The third-order valence-corrected chi connectivity index (χ3v) is 2.73. The third kappa shape index (κ3) is 10.6. The highest BCUT2D eigenvalue weighted by molar-refractivity contribution is 5.80. The zero-order valence-electron chi connectivity index (χ0n) is 13.2. The first-order valence-corrected chi connectivity index (χ1v) is 7.57. The Hall–Kier alpha value is -1.26. The number of rotatable bonds is 10. The standard InChI is InChI=1S/C15H29NO4/c1-5-6-7-8-9-10-19-14(17)13(4)16-15(18)20-11-12(2)3/h12-13H,5-11H2,1-4H3,(H,16,18)/t13-/m0/s1. The fourth-order valence-electron chi connectivity index (χ4n) is 1.52. The van der Waals surface area contributed by atoms with Crippen LogP contribution in [0.2, 0.25) is 0 Å². The van der Waals surface area contributed by atoms with Crippen molar-refractivity contribution in [3.63, 3.8) is 0 Å². The molecule has 0 aromatic heterocycles. The second-order valence-electron chi connectivity index (χ2n) is 5.44. The number of alkyl carbamates (subject to hydrolysis) is 1. The SMILES string of the molecule is CCCCCCCOC(=O)[C@H](C)NC(=O)OCC(C)C. The van der Waals surface area contributed by atoms with Crippen LogP contribution < -0.4 is 5.32 Å². The Labute approximate surface area is 122 Å². The van der Waals surface area contributed by atoms with Crippen LogP contribution in [0.25, 0.3) is 0 Å². The minimum absolute atomic E-state index is 0.270. The normalized spacial score (nSPS) is 12.1. The lowest BCUT2D eigenvalue weighted by Gasteiger charge is -2.14. The topological polar surface area (TPSA) is 64.6 Å². The summed E-state index contributed by atoms with van der Waals surface area (Å²) in [6, 6.07) is -0.676. The monoisotopic (exact) mass is 287 g/mol. The smallest absolute Gasteiger partial charge is 0.407 e. The molecule has 118 valence electrons. The van der Waals surface area contributed by atoms with Gasteiger partial charge in [0.15, 0.2) is 0 Å².